The van der Waals surface area contributed by atoms with Crippen molar-refractivity contribution in [3.8, 4) is 5.75 Å². The Kier molecular flexibility index (Phi) is 6.87. The van der Waals surface area contributed by atoms with Crippen LogP contribution in [0.25, 0.3) is 0 Å². The van der Waals surface area contributed by atoms with Crippen molar-refractivity contribution in [3.05, 3.63) is 41.6 Å². The van der Waals surface area contributed by atoms with Crippen molar-refractivity contribution in [1.82, 2.24) is 14.9 Å². The quantitative estimate of drug-likeness (QED) is 0.674. The number of amides is 1. The lowest BCUT2D eigenvalue weighted by Gasteiger charge is -2.32. The van der Waals surface area contributed by atoms with Gasteiger partial charge in [-0.1, -0.05) is 26.0 Å². The van der Waals surface area contributed by atoms with Gasteiger partial charge in [0.2, 0.25) is 17.6 Å². The monoisotopic (exact) mass is 411 g/mol. The van der Waals surface area contributed by atoms with E-state index in [1.165, 1.54) is 13.3 Å². The van der Waals surface area contributed by atoms with Gasteiger partial charge in [0.25, 0.3) is 0 Å². The molecular formula is C22H29N5O3. The largest absolute Gasteiger partial charge is 0.496 e. The van der Waals surface area contributed by atoms with E-state index in [1.54, 1.807) is 24.3 Å². The molecule has 1 aromatic heterocycles. The molecule has 2 aromatic rings. The zero-order valence-corrected chi connectivity index (χ0v) is 17.7. The van der Waals surface area contributed by atoms with E-state index < -0.39 is 0 Å². The molecule has 0 unspecified atom stereocenters. The number of carbonyl (C=O) groups excluding carboxylic acids is 2. The highest BCUT2D eigenvalue weighted by Crippen LogP contribution is 2.24. The van der Waals surface area contributed by atoms with E-state index in [9.17, 15) is 9.59 Å². The Morgan fingerprint density at radius 1 is 1.23 bits per heavy atom. The summed E-state index contributed by atoms with van der Waals surface area (Å²) in [6.07, 6.45) is 3.66. The number of nitrogens with one attached hydrogen (secondary N) is 1. The Balaban J connectivity index is 1.62. The topological polar surface area (TPSA) is 110 Å². The molecular weight excluding hydrogens is 382 g/mol. The van der Waals surface area contributed by atoms with Gasteiger partial charge in [0, 0.05) is 31.7 Å². The van der Waals surface area contributed by atoms with Crippen molar-refractivity contribution >= 4 is 23.5 Å². The van der Waals surface area contributed by atoms with Crippen molar-refractivity contribution in [2.24, 2.45) is 5.92 Å². The van der Waals surface area contributed by atoms with Crippen molar-refractivity contribution in [2.45, 2.75) is 39.2 Å². The highest BCUT2D eigenvalue weighted by atomic mass is 16.5. The number of anilines is 2. The molecule has 2 heterocycles. The van der Waals surface area contributed by atoms with Gasteiger partial charge in [-0.2, -0.15) is 4.98 Å². The van der Waals surface area contributed by atoms with Gasteiger partial charge in [0.05, 0.1) is 18.2 Å². The molecule has 0 saturated carbocycles. The summed E-state index contributed by atoms with van der Waals surface area (Å²) in [5.41, 5.74) is 6.71. The average Bonchev–Trinajstić information content (AvgIpc) is 2.73. The predicted molar refractivity (Wildman–Crippen MR) is 116 cm³/mol. The van der Waals surface area contributed by atoms with Gasteiger partial charge >= 0.3 is 0 Å². The lowest BCUT2D eigenvalue weighted by atomic mass is 10.0. The number of likely N-dealkylation sites (tertiary alicyclic amines) is 1. The fraction of sp³-hybridized carbons (Fsp3) is 0.455. The van der Waals surface area contributed by atoms with Crippen LogP contribution in [0.3, 0.4) is 0 Å². The maximum Gasteiger partial charge on any atom is 0.224 e. The molecule has 1 aliphatic rings. The van der Waals surface area contributed by atoms with Crippen molar-refractivity contribution in [2.75, 3.05) is 31.2 Å². The number of nitrogens with zero attached hydrogens (tertiary/aromatic N) is 3. The van der Waals surface area contributed by atoms with Crippen LogP contribution in [0.5, 0.6) is 5.75 Å². The minimum Gasteiger partial charge on any atom is -0.496 e. The van der Waals surface area contributed by atoms with Gasteiger partial charge in [0.1, 0.15) is 11.6 Å². The van der Waals surface area contributed by atoms with Crippen LogP contribution in [0.15, 0.2) is 30.5 Å². The summed E-state index contributed by atoms with van der Waals surface area (Å²) in [6, 6.07) is 7.12. The molecule has 0 spiro atoms. The maximum atomic E-state index is 12.8. The van der Waals surface area contributed by atoms with E-state index >= 15 is 0 Å². The molecule has 1 aliphatic heterocycles. The molecule has 30 heavy (non-hydrogen) atoms. The third kappa shape index (κ3) is 5.06. The van der Waals surface area contributed by atoms with Crippen LogP contribution in [0.4, 0.5) is 11.8 Å². The SMILES string of the molecule is COc1ccccc1C(=O)c1cnc(NC2CCN(C(=O)CC(C)C)CC2)nc1N. The van der Waals surface area contributed by atoms with Crippen LogP contribution >= 0.6 is 0 Å². The Bertz CT molecular complexity index is 907. The van der Waals surface area contributed by atoms with Gasteiger partial charge in [-0.15, -0.1) is 0 Å². The molecule has 1 aromatic carbocycles. The summed E-state index contributed by atoms with van der Waals surface area (Å²) >= 11 is 0. The highest BCUT2D eigenvalue weighted by Gasteiger charge is 2.24. The van der Waals surface area contributed by atoms with E-state index in [0.29, 0.717) is 42.7 Å². The standard InChI is InChI=1S/C22H29N5O3/c1-14(2)12-19(28)27-10-8-15(9-11-27)25-22-24-13-17(21(23)26-22)20(29)16-6-4-5-7-18(16)30-3/h4-7,13-15H,8-12H2,1-3H3,(H3,23,24,25,26). The number of carbonyl (C=O) groups is 2. The lowest BCUT2D eigenvalue weighted by Crippen LogP contribution is -2.42. The fourth-order valence-corrected chi connectivity index (χ4v) is 3.55. The van der Waals surface area contributed by atoms with E-state index in [0.717, 1.165) is 12.8 Å². The van der Waals surface area contributed by atoms with Crippen LogP contribution in [0.2, 0.25) is 0 Å². The summed E-state index contributed by atoms with van der Waals surface area (Å²) in [5.74, 6) is 1.27. The Hall–Kier alpha value is -3.16. The van der Waals surface area contributed by atoms with Gasteiger partial charge in [-0.05, 0) is 30.9 Å². The van der Waals surface area contributed by atoms with Crippen LogP contribution in [-0.2, 0) is 4.79 Å². The number of nitrogen functional groups attached to an aromatic ring is 1. The molecule has 0 bridgehead atoms. The molecule has 1 fully saturated rings. The number of ketones is 1. The van der Waals surface area contributed by atoms with E-state index in [-0.39, 0.29) is 29.1 Å². The number of hydrogen-bond acceptors (Lipinski definition) is 7. The Labute approximate surface area is 176 Å². The number of piperidine rings is 1. The predicted octanol–water partition coefficient (Wildman–Crippen LogP) is 2.75. The second-order valence-electron chi connectivity index (χ2n) is 7.92. The second-order valence-corrected chi connectivity index (χ2v) is 7.92. The highest BCUT2D eigenvalue weighted by molar-refractivity contribution is 6.13. The number of nitrogens with two attached hydrogens (primary N) is 1. The van der Waals surface area contributed by atoms with Crippen LogP contribution in [-0.4, -0.2) is 52.8 Å². The molecule has 3 N–H and O–H groups in total. The fourth-order valence-electron chi connectivity index (χ4n) is 3.55. The van der Waals surface area contributed by atoms with Crippen LogP contribution in [0.1, 0.15) is 49.0 Å². The zero-order chi connectivity index (χ0) is 21.7. The normalized spacial score (nSPS) is 14.6. The molecule has 0 radical (unpaired) electrons. The molecule has 0 atom stereocenters. The summed E-state index contributed by atoms with van der Waals surface area (Å²) in [7, 11) is 1.51. The minimum absolute atomic E-state index is 0.118. The first kappa shape index (κ1) is 21.5. The molecule has 8 nitrogen and oxygen atoms in total. The summed E-state index contributed by atoms with van der Waals surface area (Å²) < 4.78 is 5.26. The number of ether oxygens (including phenoxy) is 1. The smallest absolute Gasteiger partial charge is 0.224 e. The molecule has 1 amide bonds. The number of aromatic nitrogens is 2. The zero-order valence-electron chi connectivity index (χ0n) is 17.7. The lowest BCUT2D eigenvalue weighted by molar-refractivity contribution is -0.132. The van der Waals surface area contributed by atoms with Crippen LogP contribution < -0.4 is 15.8 Å². The number of benzene rings is 1. The summed E-state index contributed by atoms with van der Waals surface area (Å²) in [4.78, 5) is 35.5. The van der Waals surface area contributed by atoms with Gasteiger partial charge in [-0.3, -0.25) is 9.59 Å². The summed E-state index contributed by atoms with van der Waals surface area (Å²) in [6.45, 7) is 5.53. The van der Waals surface area contributed by atoms with E-state index in [4.69, 9.17) is 10.5 Å². The molecule has 8 heteroatoms. The number of rotatable bonds is 7. The van der Waals surface area contributed by atoms with Crippen molar-refractivity contribution in [1.29, 1.82) is 0 Å². The van der Waals surface area contributed by atoms with E-state index in [2.05, 4.69) is 29.1 Å². The minimum atomic E-state index is -0.284. The van der Waals surface area contributed by atoms with Gasteiger partial charge in [-0.25, -0.2) is 4.98 Å². The molecule has 3 rings (SSSR count). The molecule has 0 aliphatic carbocycles. The Morgan fingerprint density at radius 3 is 2.57 bits per heavy atom. The Morgan fingerprint density at radius 2 is 1.93 bits per heavy atom. The molecule has 160 valence electrons. The summed E-state index contributed by atoms with van der Waals surface area (Å²) in [5, 5.41) is 3.27. The number of methoxy groups -OCH3 is 1. The van der Waals surface area contributed by atoms with Crippen LogP contribution in [0, 0.1) is 5.92 Å². The average molecular weight is 412 g/mol. The maximum absolute atomic E-state index is 12.8. The van der Waals surface area contributed by atoms with Gasteiger partial charge in [0.15, 0.2) is 0 Å². The van der Waals surface area contributed by atoms with Gasteiger partial charge < -0.3 is 20.7 Å². The molecule has 1 saturated heterocycles. The third-order valence-corrected chi connectivity index (χ3v) is 5.18. The third-order valence-electron chi connectivity index (χ3n) is 5.18. The first-order valence-electron chi connectivity index (χ1n) is 10.2. The first-order valence-corrected chi connectivity index (χ1v) is 10.2. The first-order chi connectivity index (χ1) is 14.4. The number of hydrogen-bond donors (Lipinski definition) is 2. The second kappa shape index (κ2) is 9.56. The number of para-hydroxylation sites is 1. The van der Waals surface area contributed by atoms with Crippen molar-refractivity contribution in [3.63, 3.8) is 0 Å². The van der Waals surface area contributed by atoms with Crippen molar-refractivity contribution < 1.29 is 14.3 Å². The van der Waals surface area contributed by atoms with E-state index in [1.807, 2.05) is 4.90 Å².